The van der Waals surface area contributed by atoms with Crippen LogP contribution in [0.15, 0.2) is 24.3 Å². The Hall–Kier alpha value is -2.06. The summed E-state index contributed by atoms with van der Waals surface area (Å²) in [6, 6.07) is 8.73. The van der Waals surface area contributed by atoms with Crippen LogP contribution in [0.2, 0.25) is 0 Å². The molecule has 0 aromatic heterocycles. The maximum absolute atomic E-state index is 11.9. The topological polar surface area (TPSA) is 62.6 Å². The highest BCUT2D eigenvalue weighted by Crippen LogP contribution is 2.14. The van der Waals surface area contributed by atoms with Crippen molar-refractivity contribution in [1.82, 2.24) is 4.90 Å². The van der Waals surface area contributed by atoms with Crippen LogP contribution in [0.3, 0.4) is 0 Å². The molecule has 1 aliphatic heterocycles. The largest absolute Gasteiger partial charge is 0.484 e. The summed E-state index contributed by atoms with van der Waals surface area (Å²) in [6.45, 7) is 1.36. The van der Waals surface area contributed by atoms with E-state index in [0.717, 1.165) is 6.42 Å². The van der Waals surface area contributed by atoms with Crippen molar-refractivity contribution < 1.29 is 14.3 Å². The van der Waals surface area contributed by atoms with Gasteiger partial charge in [0.25, 0.3) is 5.91 Å². The third-order valence-corrected chi connectivity index (χ3v) is 3.18. The lowest BCUT2D eigenvalue weighted by atomic mass is 10.2. The summed E-state index contributed by atoms with van der Waals surface area (Å²) in [6.07, 6.45) is 1.01. The molecular weight excluding hydrogens is 244 g/mol. The summed E-state index contributed by atoms with van der Waals surface area (Å²) in [7, 11) is 1.66. The molecule has 1 saturated heterocycles. The number of nitrogens with zero attached hydrogens (tertiary/aromatic N) is 2. The molecule has 0 N–H and O–H groups in total. The number of nitriles is 1. The first-order valence-electron chi connectivity index (χ1n) is 6.16. The monoisotopic (exact) mass is 260 g/mol. The highest BCUT2D eigenvalue weighted by atomic mass is 16.5. The second kappa shape index (κ2) is 6.21. The molecule has 0 spiro atoms. The van der Waals surface area contributed by atoms with Gasteiger partial charge >= 0.3 is 0 Å². The molecule has 0 aliphatic carbocycles. The molecule has 1 aromatic carbocycles. The van der Waals surface area contributed by atoms with Crippen LogP contribution in [0.5, 0.6) is 5.75 Å². The van der Waals surface area contributed by atoms with Gasteiger partial charge in [0.05, 0.1) is 17.7 Å². The van der Waals surface area contributed by atoms with Gasteiger partial charge in [-0.2, -0.15) is 5.26 Å². The number of methoxy groups -OCH3 is 1. The Balaban J connectivity index is 1.82. The standard InChI is InChI=1S/C14H16N2O3/c1-18-13-6-7-16(9-13)14(17)10-19-12-4-2-11(8-15)3-5-12/h2-5,13H,6-7,9-10H2,1H3. The van der Waals surface area contributed by atoms with E-state index in [9.17, 15) is 4.79 Å². The Morgan fingerprint density at radius 3 is 2.79 bits per heavy atom. The maximum atomic E-state index is 11.9. The molecule has 1 amide bonds. The van der Waals surface area contributed by atoms with Gasteiger partial charge in [0.1, 0.15) is 5.75 Å². The number of ether oxygens (including phenoxy) is 2. The number of hydrogen-bond acceptors (Lipinski definition) is 4. The van der Waals surface area contributed by atoms with Crippen LogP contribution in [0.1, 0.15) is 12.0 Å². The van der Waals surface area contributed by atoms with Gasteiger partial charge in [-0.3, -0.25) is 4.79 Å². The quantitative estimate of drug-likeness (QED) is 0.815. The van der Waals surface area contributed by atoms with E-state index in [1.54, 1.807) is 36.3 Å². The average molecular weight is 260 g/mol. The van der Waals surface area contributed by atoms with Gasteiger partial charge in [-0.25, -0.2) is 0 Å². The van der Waals surface area contributed by atoms with Gasteiger partial charge in [0.15, 0.2) is 6.61 Å². The summed E-state index contributed by atoms with van der Waals surface area (Å²) in [4.78, 5) is 13.6. The van der Waals surface area contributed by atoms with Crippen molar-refractivity contribution in [3.8, 4) is 11.8 Å². The summed E-state index contributed by atoms with van der Waals surface area (Å²) < 4.78 is 10.6. The zero-order valence-corrected chi connectivity index (χ0v) is 10.8. The van der Waals surface area contributed by atoms with Crippen molar-refractivity contribution in [2.75, 3.05) is 26.8 Å². The average Bonchev–Trinajstić information content (AvgIpc) is 2.94. The first kappa shape index (κ1) is 13.4. The minimum absolute atomic E-state index is 0.0162. The lowest BCUT2D eigenvalue weighted by molar-refractivity contribution is -0.132. The summed E-state index contributed by atoms with van der Waals surface area (Å²) in [5.41, 5.74) is 0.571. The van der Waals surface area contributed by atoms with Crippen LogP contribution >= 0.6 is 0 Å². The van der Waals surface area contributed by atoms with Crippen molar-refractivity contribution in [3.05, 3.63) is 29.8 Å². The minimum atomic E-state index is -0.0380. The van der Waals surface area contributed by atoms with Crippen LogP contribution in [0, 0.1) is 11.3 Å². The molecule has 5 heteroatoms. The molecule has 1 aliphatic rings. The van der Waals surface area contributed by atoms with Crippen molar-refractivity contribution >= 4 is 5.91 Å². The van der Waals surface area contributed by atoms with Crippen molar-refractivity contribution in [1.29, 1.82) is 5.26 Å². The number of hydrogen-bond donors (Lipinski definition) is 0. The molecule has 1 heterocycles. The molecule has 1 aromatic rings. The molecule has 1 atom stereocenters. The number of carbonyl (C=O) groups excluding carboxylic acids is 1. The normalized spacial score (nSPS) is 18.1. The van der Waals surface area contributed by atoms with E-state index in [2.05, 4.69) is 0 Å². The molecule has 2 rings (SSSR count). The van der Waals surface area contributed by atoms with Crippen LogP contribution in [0.25, 0.3) is 0 Å². The second-order valence-corrected chi connectivity index (χ2v) is 4.41. The molecule has 0 bridgehead atoms. The van der Waals surface area contributed by atoms with Crippen LogP contribution in [0.4, 0.5) is 0 Å². The number of rotatable bonds is 4. The number of benzene rings is 1. The first-order chi connectivity index (χ1) is 9.22. The molecule has 5 nitrogen and oxygen atoms in total. The third kappa shape index (κ3) is 3.46. The summed E-state index contributed by atoms with van der Waals surface area (Å²) >= 11 is 0. The Morgan fingerprint density at radius 2 is 2.21 bits per heavy atom. The fourth-order valence-corrected chi connectivity index (χ4v) is 2.01. The Kier molecular flexibility index (Phi) is 4.37. The van der Waals surface area contributed by atoms with E-state index in [4.69, 9.17) is 14.7 Å². The van der Waals surface area contributed by atoms with Gasteiger partial charge in [-0.1, -0.05) is 0 Å². The highest BCUT2D eigenvalue weighted by molar-refractivity contribution is 5.78. The lowest BCUT2D eigenvalue weighted by Crippen LogP contribution is -2.33. The smallest absolute Gasteiger partial charge is 0.260 e. The summed E-state index contributed by atoms with van der Waals surface area (Å²) in [5.74, 6) is 0.554. The number of likely N-dealkylation sites (tertiary alicyclic amines) is 1. The predicted molar refractivity (Wildman–Crippen MR) is 68.6 cm³/mol. The Bertz CT molecular complexity index is 478. The van der Waals surface area contributed by atoms with E-state index in [1.807, 2.05) is 6.07 Å². The molecular formula is C14H16N2O3. The molecule has 100 valence electrons. The van der Waals surface area contributed by atoms with Crippen LogP contribution in [-0.4, -0.2) is 43.7 Å². The Morgan fingerprint density at radius 1 is 1.47 bits per heavy atom. The van der Waals surface area contributed by atoms with Gasteiger partial charge < -0.3 is 14.4 Å². The number of carbonyl (C=O) groups is 1. The number of amides is 1. The SMILES string of the molecule is COC1CCN(C(=O)COc2ccc(C#N)cc2)C1. The van der Waals surface area contributed by atoms with Gasteiger partial charge in [0, 0.05) is 20.2 Å². The second-order valence-electron chi connectivity index (χ2n) is 4.41. The van der Waals surface area contributed by atoms with Crippen molar-refractivity contribution in [3.63, 3.8) is 0 Å². The third-order valence-electron chi connectivity index (χ3n) is 3.18. The van der Waals surface area contributed by atoms with E-state index in [1.165, 1.54) is 0 Å². The molecule has 0 saturated carbocycles. The minimum Gasteiger partial charge on any atom is -0.484 e. The molecule has 19 heavy (non-hydrogen) atoms. The van der Waals surface area contributed by atoms with E-state index in [0.29, 0.717) is 24.4 Å². The fourth-order valence-electron chi connectivity index (χ4n) is 2.01. The van der Waals surface area contributed by atoms with E-state index < -0.39 is 0 Å². The zero-order valence-electron chi connectivity index (χ0n) is 10.8. The molecule has 0 radical (unpaired) electrons. The highest BCUT2D eigenvalue weighted by Gasteiger charge is 2.25. The van der Waals surface area contributed by atoms with Gasteiger partial charge in [0.2, 0.25) is 0 Å². The Labute approximate surface area is 112 Å². The van der Waals surface area contributed by atoms with Crippen molar-refractivity contribution in [2.45, 2.75) is 12.5 Å². The van der Waals surface area contributed by atoms with Crippen molar-refractivity contribution in [2.24, 2.45) is 0 Å². The van der Waals surface area contributed by atoms with E-state index in [-0.39, 0.29) is 18.6 Å². The summed E-state index contributed by atoms with van der Waals surface area (Å²) in [5, 5.41) is 8.67. The van der Waals surface area contributed by atoms with Crippen LogP contribution < -0.4 is 4.74 Å². The lowest BCUT2D eigenvalue weighted by Gasteiger charge is -2.16. The molecule has 1 unspecified atom stereocenters. The maximum Gasteiger partial charge on any atom is 0.260 e. The van der Waals surface area contributed by atoms with Gasteiger partial charge in [-0.15, -0.1) is 0 Å². The zero-order chi connectivity index (χ0) is 13.7. The first-order valence-corrected chi connectivity index (χ1v) is 6.16. The van der Waals surface area contributed by atoms with E-state index >= 15 is 0 Å². The predicted octanol–water partition coefficient (Wildman–Crippen LogP) is 1.18. The molecule has 1 fully saturated rings. The van der Waals surface area contributed by atoms with Gasteiger partial charge in [-0.05, 0) is 30.7 Å². The fraction of sp³-hybridized carbons (Fsp3) is 0.429. The van der Waals surface area contributed by atoms with Crippen LogP contribution in [-0.2, 0) is 9.53 Å².